The number of nitrogens with one attached hydrogen (secondary N) is 1. The van der Waals surface area contributed by atoms with Crippen molar-refractivity contribution in [3.8, 4) is 0 Å². The van der Waals surface area contributed by atoms with E-state index in [-0.39, 0.29) is 18.0 Å². The fourth-order valence-corrected chi connectivity index (χ4v) is 3.25. The molecule has 0 aromatic heterocycles. The van der Waals surface area contributed by atoms with Crippen LogP contribution in [0.2, 0.25) is 5.02 Å². The minimum atomic E-state index is -3.78. The van der Waals surface area contributed by atoms with Gasteiger partial charge in [0.15, 0.2) is 0 Å². The van der Waals surface area contributed by atoms with Crippen LogP contribution in [0.1, 0.15) is 6.92 Å². The van der Waals surface area contributed by atoms with E-state index in [1.807, 2.05) is 0 Å². The Bertz CT molecular complexity index is 823. The monoisotopic (exact) mass is 356 g/mol. The van der Waals surface area contributed by atoms with Crippen molar-refractivity contribution in [2.75, 3.05) is 13.2 Å². The number of hydrogen-bond acceptors (Lipinski definition) is 5. The first-order valence-corrected chi connectivity index (χ1v) is 8.81. The average molecular weight is 357 g/mol. The Morgan fingerprint density at radius 1 is 1.26 bits per heavy atom. The van der Waals surface area contributed by atoms with Crippen LogP contribution in [0, 0.1) is 0 Å². The van der Waals surface area contributed by atoms with E-state index in [2.05, 4.69) is 4.72 Å². The SMILES string of the molecule is CCOC(=O)[C@H](N)CNS(=O)(=O)c1ccc2cc(Cl)ccc2c1. The van der Waals surface area contributed by atoms with Crippen LogP contribution in [0.5, 0.6) is 0 Å². The quantitative estimate of drug-likeness (QED) is 0.767. The first kappa shape index (κ1) is 17.7. The van der Waals surface area contributed by atoms with E-state index < -0.39 is 22.0 Å². The fourth-order valence-electron chi connectivity index (χ4n) is 1.98. The van der Waals surface area contributed by atoms with Gasteiger partial charge in [0.25, 0.3) is 0 Å². The van der Waals surface area contributed by atoms with Crippen LogP contribution in [-0.4, -0.2) is 33.6 Å². The molecule has 2 rings (SSSR count). The maximum atomic E-state index is 12.3. The fraction of sp³-hybridized carbons (Fsp3) is 0.267. The molecule has 0 amide bonds. The lowest BCUT2D eigenvalue weighted by atomic mass is 10.1. The van der Waals surface area contributed by atoms with Crippen LogP contribution in [0.25, 0.3) is 10.8 Å². The van der Waals surface area contributed by atoms with E-state index in [0.29, 0.717) is 5.02 Å². The van der Waals surface area contributed by atoms with E-state index >= 15 is 0 Å². The van der Waals surface area contributed by atoms with Crippen molar-refractivity contribution >= 4 is 38.4 Å². The van der Waals surface area contributed by atoms with E-state index in [0.717, 1.165) is 10.8 Å². The molecule has 2 aromatic rings. The Hall–Kier alpha value is -1.67. The number of sulfonamides is 1. The molecule has 23 heavy (non-hydrogen) atoms. The molecule has 6 nitrogen and oxygen atoms in total. The summed E-state index contributed by atoms with van der Waals surface area (Å²) >= 11 is 5.90. The third-order valence-corrected chi connectivity index (χ3v) is 4.82. The van der Waals surface area contributed by atoms with E-state index in [4.69, 9.17) is 22.1 Å². The van der Waals surface area contributed by atoms with E-state index in [1.54, 1.807) is 31.2 Å². The minimum absolute atomic E-state index is 0.0865. The third kappa shape index (κ3) is 4.42. The van der Waals surface area contributed by atoms with Gasteiger partial charge in [-0.05, 0) is 42.0 Å². The number of carbonyl (C=O) groups excluding carboxylic acids is 1. The summed E-state index contributed by atoms with van der Waals surface area (Å²) in [4.78, 5) is 11.5. The number of esters is 1. The van der Waals surface area contributed by atoms with Crippen molar-refractivity contribution in [1.82, 2.24) is 4.72 Å². The van der Waals surface area contributed by atoms with Gasteiger partial charge >= 0.3 is 5.97 Å². The molecule has 0 unspecified atom stereocenters. The van der Waals surface area contributed by atoms with E-state index in [1.165, 1.54) is 12.1 Å². The molecular weight excluding hydrogens is 340 g/mol. The number of halogens is 1. The second-order valence-corrected chi connectivity index (χ2v) is 7.07. The number of carbonyl (C=O) groups is 1. The predicted molar refractivity (Wildman–Crippen MR) is 88.8 cm³/mol. The molecule has 0 radical (unpaired) electrons. The molecule has 0 aliphatic carbocycles. The zero-order valence-electron chi connectivity index (χ0n) is 12.5. The molecule has 0 heterocycles. The average Bonchev–Trinajstić information content (AvgIpc) is 2.52. The van der Waals surface area contributed by atoms with Crippen LogP contribution >= 0.6 is 11.6 Å². The molecule has 0 saturated heterocycles. The van der Waals surface area contributed by atoms with Gasteiger partial charge in [0.05, 0.1) is 11.5 Å². The van der Waals surface area contributed by atoms with Gasteiger partial charge < -0.3 is 10.5 Å². The number of benzene rings is 2. The smallest absolute Gasteiger partial charge is 0.324 e. The summed E-state index contributed by atoms with van der Waals surface area (Å²) in [5.41, 5.74) is 5.58. The maximum absolute atomic E-state index is 12.3. The highest BCUT2D eigenvalue weighted by atomic mass is 35.5. The molecule has 3 N–H and O–H groups in total. The number of rotatable bonds is 6. The first-order valence-electron chi connectivity index (χ1n) is 6.94. The van der Waals surface area contributed by atoms with Gasteiger partial charge in [-0.2, -0.15) is 0 Å². The second kappa shape index (κ2) is 7.27. The van der Waals surface area contributed by atoms with Gasteiger partial charge in [-0.3, -0.25) is 4.79 Å². The molecule has 0 spiro atoms. The van der Waals surface area contributed by atoms with Crippen LogP contribution in [0.15, 0.2) is 41.3 Å². The topological polar surface area (TPSA) is 98.5 Å². The second-order valence-electron chi connectivity index (χ2n) is 4.86. The molecule has 0 bridgehead atoms. The molecule has 0 aliphatic heterocycles. The van der Waals surface area contributed by atoms with Gasteiger partial charge in [0.2, 0.25) is 10.0 Å². The number of nitrogens with two attached hydrogens (primary N) is 1. The van der Waals surface area contributed by atoms with Gasteiger partial charge in [-0.15, -0.1) is 0 Å². The molecule has 0 saturated carbocycles. The number of ether oxygens (including phenoxy) is 1. The van der Waals surface area contributed by atoms with Gasteiger partial charge in [-0.25, -0.2) is 13.1 Å². The van der Waals surface area contributed by atoms with Gasteiger partial charge in [0, 0.05) is 11.6 Å². The lowest BCUT2D eigenvalue weighted by molar-refractivity contribution is -0.144. The summed E-state index contributed by atoms with van der Waals surface area (Å²) in [5, 5.41) is 2.15. The summed E-state index contributed by atoms with van der Waals surface area (Å²) in [6, 6.07) is 8.79. The number of hydrogen-bond donors (Lipinski definition) is 2. The normalized spacial score (nSPS) is 13.0. The number of fused-ring (bicyclic) bond motifs is 1. The Labute approximate surface area is 139 Å². The van der Waals surface area contributed by atoms with Crippen LogP contribution in [0.3, 0.4) is 0 Å². The summed E-state index contributed by atoms with van der Waals surface area (Å²) < 4.78 is 31.6. The van der Waals surface area contributed by atoms with Crippen molar-refractivity contribution < 1.29 is 17.9 Å². The molecule has 0 fully saturated rings. The van der Waals surface area contributed by atoms with Gasteiger partial charge in [-0.1, -0.05) is 23.7 Å². The molecule has 124 valence electrons. The predicted octanol–water partition coefficient (Wildman–Crippen LogP) is 1.66. The third-order valence-electron chi connectivity index (χ3n) is 3.17. The van der Waals surface area contributed by atoms with Crippen molar-refractivity contribution in [2.45, 2.75) is 17.9 Å². The zero-order valence-corrected chi connectivity index (χ0v) is 14.0. The molecule has 2 aromatic carbocycles. The van der Waals surface area contributed by atoms with Crippen molar-refractivity contribution in [2.24, 2.45) is 5.73 Å². The Kier molecular flexibility index (Phi) is 5.59. The van der Waals surface area contributed by atoms with Gasteiger partial charge in [0.1, 0.15) is 6.04 Å². The van der Waals surface area contributed by atoms with Crippen molar-refractivity contribution in [3.05, 3.63) is 41.4 Å². The highest BCUT2D eigenvalue weighted by Crippen LogP contribution is 2.22. The molecular formula is C15H17ClN2O4S. The summed E-state index contributed by atoms with van der Waals surface area (Å²) in [5.74, 6) is -0.650. The van der Waals surface area contributed by atoms with Crippen molar-refractivity contribution in [3.63, 3.8) is 0 Å². The van der Waals surface area contributed by atoms with Crippen LogP contribution < -0.4 is 10.5 Å². The van der Waals surface area contributed by atoms with Crippen LogP contribution in [-0.2, 0) is 19.6 Å². The standard InChI is InChI=1S/C15H17ClN2O4S/c1-2-22-15(19)14(17)9-18-23(20,21)13-6-4-10-7-12(16)5-3-11(10)8-13/h3-8,14,18H,2,9,17H2,1H3/t14-/m1/s1. The zero-order chi connectivity index (χ0) is 17.0. The highest BCUT2D eigenvalue weighted by Gasteiger charge is 2.20. The summed E-state index contributed by atoms with van der Waals surface area (Å²) in [7, 11) is -3.78. The molecule has 1 atom stereocenters. The van der Waals surface area contributed by atoms with Crippen molar-refractivity contribution in [1.29, 1.82) is 0 Å². The Morgan fingerprint density at radius 3 is 2.61 bits per heavy atom. The maximum Gasteiger partial charge on any atom is 0.324 e. The molecule has 8 heteroatoms. The van der Waals surface area contributed by atoms with Crippen LogP contribution in [0.4, 0.5) is 0 Å². The first-order chi connectivity index (χ1) is 10.8. The highest BCUT2D eigenvalue weighted by molar-refractivity contribution is 7.89. The Morgan fingerprint density at radius 2 is 1.91 bits per heavy atom. The lowest BCUT2D eigenvalue weighted by Gasteiger charge is -2.12. The largest absolute Gasteiger partial charge is 0.465 e. The Balaban J connectivity index is 2.16. The minimum Gasteiger partial charge on any atom is -0.465 e. The summed E-state index contributed by atoms with van der Waals surface area (Å²) in [6.45, 7) is 1.60. The molecule has 0 aliphatic rings. The summed E-state index contributed by atoms with van der Waals surface area (Å²) in [6.07, 6.45) is 0. The lowest BCUT2D eigenvalue weighted by Crippen LogP contribution is -2.43. The van der Waals surface area contributed by atoms with E-state index in [9.17, 15) is 13.2 Å².